The molecule has 0 saturated heterocycles. The van der Waals surface area contributed by atoms with Crippen LogP contribution in [0.15, 0.2) is 18.3 Å². The summed E-state index contributed by atoms with van der Waals surface area (Å²) in [4.78, 5) is 14.5. The van der Waals surface area contributed by atoms with Crippen molar-refractivity contribution in [2.24, 2.45) is 0 Å². The number of hydrogen-bond donors (Lipinski definition) is 1. The molecule has 1 aromatic heterocycles. The van der Waals surface area contributed by atoms with Crippen LogP contribution in [0.5, 0.6) is 0 Å². The Morgan fingerprint density at radius 1 is 1.62 bits per heavy atom. The largest absolute Gasteiger partial charge is 0.481 e. The fraction of sp³-hybridized carbons (Fsp3) is 0.400. The summed E-state index contributed by atoms with van der Waals surface area (Å²) in [5, 5.41) is 8.51. The highest BCUT2D eigenvalue weighted by Gasteiger charge is 2.03. The number of aromatic nitrogens is 1. The van der Waals surface area contributed by atoms with Crippen LogP contribution in [-0.2, 0) is 17.6 Å². The maximum atomic E-state index is 10.3. The molecule has 1 aromatic rings. The number of nitrogens with zero attached hydrogens (tertiary/aromatic N) is 1. The number of carboxylic acid groups (broad SMARTS) is 1. The van der Waals surface area contributed by atoms with Gasteiger partial charge in [-0.15, -0.1) is 0 Å². The lowest BCUT2D eigenvalue weighted by Crippen LogP contribution is -2.02. The molecule has 3 nitrogen and oxygen atoms in total. The van der Waals surface area contributed by atoms with Gasteiger partial charge in [0.1, 0.15) is 0 Å². The molecule has 1 heterocycles. The zero-order chi connectivity index (χ0) is 9.68. The average molecular weight is 179 g/mol. The number of aryl methyl sites for hydroxylation is 2. The maximum absolute atomic E-state index is 10.3. The van der Waals surface area contributed by atoms with E-state index in [1.807, 2.05) is 19.1 Å². The topological polar surface area (TPSA) is 50.2 Å². The first-order valence-corrected chi connectivity index (χ1v) is 4.38. The van der Waals surface area contributed by atoms with Crippen LogP contribution in [0.4, 0.5) is 0 Å². The van der Waals surface area contributed by atoms with Crippen molar-refractivity contribution in [1.82, 2.24) is 4.98 Å². The van der Waals surface area contributed by atoms with Crippen LogP contribution in [0, 0.1) is 0 Å². The van der Waals surface area contributed by atoms with Gasteiger partial charge in [-0.25, -0.2) is 0 Å². The third-order valence-corrected chi connectivity index (χ3v) is 1.94. The number of hydrogen-bond acceptors (Lipinski definition) is 2. The Balaban J connectivity index is 2.69. The zero-order valence-electron chi connectivity index (χ0n) is 7.66. The van der Waals surface area contributed by atoms with Crippen molar-refractivity contribution < 1.29 is 9.90 Å². The van der Waals surface area contributed by atoms with Gasteiger partial charge in [-0.2, -0.15) is 0 Å². The zero-order valence-corrected chi connectivity index (χ0v) is 7.66. The highest BCUT2D eigenvalue weighted by atomic mass is 16.4. The Labute approximate surface area is 77.4 Å². The van der Waals surface area contributed by atoms with E-state index in [1.165, 1.54) is 0 Å². The number of rotatable bonds is 4. The van der Waals surface area contributed by atoms with E-state index in [0.717, 1.165) is 17.7 Å². The molecule has 0 spiro atoms. The van der Waals surface area contributed by atoms with Crippen LogP contribution in [0.1, 0.15) is 24.6 Å². The second-order valence-corrected chi connectivity index (χ2v) is 2.86. The molecule has 3 heteroatoms. The lowest BCUT2D eigenvalue weighted by Gasteiger charge is -2.03. The number of carboxylic acids is 1. The van der Waals surface area contributed by atoms with E-state index in [4.69, 9.17) is 5.11 Å². The van der Waals surface area contributed by atoms with Gasteiger partial charge in [0.05, 0.1) is 6.42 Å². The lowest BCUT2D eigenvalue weighted by molar-refractivity contribution is -0.136. The fourth-order valence-electron chi connectivity index (χ4n) is 1.24. The van der Waals surface area contributed by atoms with Crippen LogP contribution in [0.2, 0.25) is 0 Å². The molecule has 0 atom stereocenters. The maximum Gasteiger partial charge on any atom is 0.303 e. The summed E-state index contributed by atoms with van der Waals surface area (Å²) in [6, 6.07) is 3.87. The van der Waals surface area contributed by atoms with Gasteiger partial charge in [-0.05, 0) is 18.1 Å². The normalized spacial score (nSPS) is 9.92. The standard InChI is InChI=1S/C10H13NO2/c1-2-8-4-3-7-11-9(8)5-6-10(12)13/h3-4,7H,2,5-6H2,1H3,(H,12,13). The third-order valence-electron chi connectivity index (χ3n) is 1.94. The van der Waals surface area contributed by atoms with Crippen molar-refractivity contribution in [2.45, 2.75) is 26.2 Å². The summed E-state index contributed by atoms with van der Waals surface area (Å²) in [6.45, 7) is 2.04. The van der Waals surface area contributed by atoms with Crippen LogP contribution in [-0.4, -0.2) is 16.1 Å². The number of aliphatic carboxylic acids is 1. The average Bonchev–Trinajstić information content (AvgIpc) is 2.15. The molecule has 70 valence electrons. The Morgan fingerprint density at radius 2 is 2.38 bits per heavy atom. The predicted octanol–water partition coefficient (Wildman–Crippen LogP) is 1.66. The minimum Gasteiger partial charge on any atom is -0.481 e. The second-order valence-electron chi connectivity index (χ2n) is 2.86. The van der Waals surface area contributed by atoms with Gasteiger partial charge < -0.3 is 5.11 Å². The molecule has 0 aliphatic rings. The Morgan fingerprint density at radius 3 is 3.00 bits per heavy atom. The van der Waals surface area contributed by atoms with E-state index in [-0.39, 0.29) is 6.42 Å². The minimum absolute atomic E-state index is 0.157. The van der Waals surface area contributed by atoms with Crippen molar-refractivity contribution in [3.05, 3.63) is 29.6 Å². The van der Waals surface area contributed by atoms with Crippen molar-refractivity contribution in [3.63, 3.8) is 0 Å². The molecule has 0 aliphatic carbocycles. The highest BCUT2D eigenvalue weighted by Crippen LogP contribution is 2.08. The van der Waals surface area contributed by atoms with Crippen LogP contribution in [0.25, 0.3) is 0 Å². The fourth-order valence-corrected chi connectivity index (χ4v) is 1.24. The number of carbonyl (C=O) groups is 1. The number of pyridine rings is 1. The van der Waals surface area contributed by atoms with Crippen molar-refractivity contribution >= 4 is 5.97 Å². The van der Waals surface area contributed by atoms with Gasteiger partial charge in [-0.3, -0.25) is 9.78 Å². The van der Waals surface area contributed by atoms with E-state index in [1.54, 1.807) is 6.20 Å². The third kappa shape index (κ3) is 2.86. The minimum atomic E-state index is -0.771. The Hall–Kier alpha value is -1.38. The summed E-state index contributed by atoms with van der Waals surface area (Å²) in [7, 11) is 0. The molecule has 13 heavy (non-hydrogen) atoms. The van der Waals surface area contributed by atoms with Gasteiger partial charge in [0.2, 0.25) is 0 Å². The Bertz CT molecular complexity index is 297. The molecule has 0 unspecified atom stereocenters. The van der Waals surface area contributed by atoms with Crippen molar-refractivity contribution in [2.75, 3.05) is 0 Å². The van der Waals surface area contributed by atoms with E-state index < -0.39 is 5.97 Å². The molecule has 0 radical (unpaired) electrons. The summed E-state index contributed by atoms with van der Waals surface area (Å²) in [5.74, 6) is -0.771. The van der Waals surface area contributed by atoms with Crippen molar-refractivity contribution in [3.8, 4) is 0 Å². The summed E-state index contributed by atoms with van der Waals surface area (Å²) < 4.78 is 0. The van der Waals surface area contributed by atoms with Gasteiger partial charge in [0, 0.05) is 18.3 Å². The van der Waals surface area contributed by atoms with Gasteiger partial charge >= 0.3 is 5.97 Å². The molecule has 0 fully saturated rings. The monoisotopic (exact) mass is 179 g/mol. The predicted molar refractivity (Wildman–Crippen MR) is 49.6 cm³/mol. The quantitative estimate of drug-likeness (QED) is 0.764. The first-order chi connectivity index (χ1) is 6.24. The first-order valence-electron chi connectivity index (χ1n) is 4.38. The molecule has 1 N–H and O–H groups in total. The molecular formula is C10H13NO2. The molecule has 0 aromatic carbocycles. The highest BCUT2D eigenvalue weighted by molar-refractivity contribution is 5.67. The Kier molecular flexibility index (Phi) is 3.43. The lowest BCUT2D eigenvalue weighted by atomic mass is 10.1. The van der Waals surface area contributed by atoms with E-state index in [0.29, 0.717) is 6.42 Å². The molecule has 0 aliphatic heterocycles. The van der Waals surface area contributed by atoms with Gasteiger partial charge in [-0.1, -0.05) is 13.0 Å². The van der Waals surface area contributed by atoms with Crippen LogP contribution in [0.3, 0.4) is 0 Å². The second kappa shape index (κ2) is 4.60. The smallest absolute Gasteiger partial charge is 0.303 e. The SMILES string of the molecule is CCc1cccnc1CCC(=O)O. The molecule has 1 rings (SSSR count). The van der Waals surface area contributed by atoms with E-state index >= 15 is 0 Å². The van der Waals surface area contributed by atoms with Gasteiger partial charge in [0.25, 0.3) is 0 Å². The summed E-state index contributed by atoms with van der Waals surface area (Å²) >= 11 is 0. The van der Waals surface area contributed by atoms with E-state index in [9.17, 15) is 4.79 Å². The first kappa shape index (κ1) is 9.71. The molecular weight excluding hydrogens is 166 g/mol. The van der Waals surface area contributed by atoms with E-state index in [2.05, 4.69) is 4.98 Å². The molecule has 0 amide bonds. The van der Waals surface area contributed by atoms with Crippen molar-refractivity contribution in [1.29, 1.82) is 0 Å². The molecule has 0 saturated carbocycles. The van der Waals surface area contributed by atoms with Crippen LogP contribution < -0.4 is 0 Å². The summed E-state index contributed by atoms with van der Waals surface area (Å²) in [5.41, 5.74) is 2.05. The van der Waals surface area contributed by atoms with Gasteiger partial charge in [0.15, 0.2) is 0 Å². The molecule has 0 bridgehead atoms. The summed E-state index contributed by atoms with van der Waals surface area (Å²) in [6.07, 6.45) is 3.29. The van der Waals surface area contributed by atoms with Crippen LogP contribution >= 0.6 is 0 Å².